The maximum atomic E-state index is 11.6. The lowest BCUT2D eigenvalue weighted by atomic mass is 10.0. The van der Waals surface area contributed by atoms with Crippen LogP contribution in [-0.2, 0) is 11.2 Å². The molecule has 1 aliphatic heterocycles. The number of carbonyl (C=O) groups is 2. The van der Waals surface area contributed by atoms with Crippen molar-refractivity contribution in [2.24, 2.45) is 0 Å². The van der Waals surface area contributed by atoms with Crippen LogP contribution in [-0.4, -0.2) is 11.8 Å². The average Bonchev–Trinajstić information content (AvgIpc) is 2.57. The van der Waals surface area contributed by atoms with Gasteiger partial charge in [-0.25, -0.2) is 0 Å². The summed E-state index contributed by atoms with van der Waals surface area (Å²) in [4.78, 5) is 23.5. The minimum Gasteiger partial charge on any atom is -0.291 e. The zero-order valence-electron chi connectivity index (χ0n) is 8.04. The van der Waals surface area contributed by atoms with Crippen LogP contribution in [0.1, 0.15) is 15.2 Å². The molecule has 1 aromatic heterocycles. The molecule has 0 aliphatic carbocycles. The van der Waals surface area contributed by atoms with Gasteiger partial charge >= 0.3 is 0 Å². The van der Waals surface area contributed by atoms with Crippen LogP contribution in [0, 0.1) is 0 Å². The standard InChI is InChI=1S/C11H6ClNO2S/c12-5-1-2-8-6(3-5)7-4-9(14)13-11(15)10(7)16-8/h1-3H,4H2,(H,13,14,15). The molecule has 5 heteroatoms. The highest BCUT2D eigenvalue weighted by Gasteiger charge is 2.26. The fraction of sp³-hybridized carbons (Fsp3) is 0.0909. The van der Waals surface area contributed by atoms with Crippen LogP contribution in [0.25, 0.3) is 10.1 Å². The van der Waals surface area contributed by atoms with Crippen LogP contribution in [0.3, 0.4) is 0 Å². The van der Waals surface area contributed by atoms with Gasteiger partial charge in [0.2, 0.25) is 5.91 Å². The number of carbonyl (C=O) groups excluding carboxylic acids is 2. The second kappa shape index (κ2) is 3.30. The lowest BCUT2D eigenvalue weighted by Gasteiger charge is -2.10. The fourth-order valence-corrected chi connectivity index (χ4v) is 3.14. The first kappa shape index (κ1) is 9.81. The number of nitrogens with one attached hydrogen (secondary N) is 1. The Balaban J connectivity index is 2.35. The number of imide groups is 1. The Morgan fingerprint density at radius 3 is 2.94 bits per heavy atom. The Morgan fingerprint density at radius 1 is 1.31 bits per heavy atom. The fourth-order valence-electron chi connectivity index (χ4n) is 1.87. The van der Waals surface area contributed by atoms with E-state index in [1.807, 2.05) is 6.07 Å². The van der Waals surface area contributed by atoms with Crippen LogP contribution in [0.4, 0.5) is 0 Å². The van der Waals surface area contributed by atoms with E-state index in [0.717, 1.165) is 15.6 Å². The Bertz CT molecular complexity index is 632. The lowest BCUT2D eigenvalue weighted by molar-refractivity contribution is -0.119. The molecule has 80 valence electrons. The molecule has 2 aromatic rings. The second-order valence-corrected chi connectivity index (χ2v) is 5.09. The Labute approximate surface area is 100 Å². The molecule has 0 saturated heterocycles. The summed E-state index contributed by atoms with van der Waals surface area (Å²) in [5, 5.41) is 3.84. The zero-order valence-corrected chi connectivity index (χ0v) is 9.61. The van der Waals surface area contributed by atoms with Gasteiger partial charge in [-0.1, -0.05) is 11.6 Å². The Kier molecular flexibility index (Phi) is 2.02. The van der Waals surface area contributed by atoms with Gasteiger partial charge < -0.3 is 0 Å². The topological polar surface area (TPSA) is 46.2 Å². The molecule has 2 amide bonds. The van der Waals surface area contributed by atoms with Crippen molar-refractivity contribution in [1.29, 1.82) is 0 Å². The molecule has 0 saturated carbocycles. The highest BCUT2D eigenvalue weighted by atomic mass is 35.5. The minimum absolute atomic E-state index is 0.251. The van der Waals surface area contributed by atoms with E-state index < -0.39 is 0 Å². The van der Waals surface area contributed by atoms with Crippen molar-refractivity contribution in [3.63, 3.8) is 0 Å². The van der Waals surface area contributed by atoms with Crippen LogP contribution >= 0.6 is 22.9 Å². The Hall–Kier alpha value is -1.39. The first-order chi connectivity index (χ1) is 7.65. The molecular formula is C11H6ClNO2S. The van der Waals surface area contributed by atoms with E-state index in [9.17, 15) is 9.59 Å². The van der Waals surface area contributed by atoms with E-state index in [-0.39, 0.29) is 18.2 Å². The smallest absolute Gasteiger partial charge is 0.268 e. The van der Waals surface area contributed by atoms with Crippen molar-refractivity contribution in [2.45, 2.75) is 6.42 Å². The number of benzene rings is 1. The van der Waals surface area contributed by atoms with Gasteiger partial charge in [-0.15, -0.1) is 11.3 Å². The summed E-state index contributed by atoms with van der Waals surface area (Å²) in [5.41, 5.74) is 0.802. The minimum atomic E-state index is -0.302. The summed E-state index contributed by atoms with van der Waals surface area (Å²) in [5.74, 6) is -0.555. The van der Waals surface area contributed by atoms with Crippen LogP contribution < -0.4 is 5.32 Å². The summed E-state index contributed by atoms with van der Waals surface area (Å²) in [6, 6.07) is 5.46. The van der Waals surface area contributed by atoms with Gasteiger partial charge in [-0.3, -0.25) is 14.9 Å². The number of thiophene rings is 1. The van der Waals surface area contributed by atoms with Gasteiger partial charge in [0.1, 0.15) is 0 Å². The van der Waals surface area contributed by atoms with Crippen molar-refractivity contribution >= 4 is 44.8 Å². The third-order valence-electron chi connectivity index (χ3n) is 2.55. The highest BCUT2D eigenvalue weighted by molar-refractivity contribution is 7.21. The monoisotopic (exact) mass is 251 g/mol. The molecule has 0 radical (unpaired) electrons. The molecule has 0 atom stereocenters. The summed E-state index contributed by atoms with van der Waals surface area (Å²) >= 11 is 7.31. The molecule has 2 heterocycles. The van der Waals surface area contributed by atoms with Crippen LogP contribution in [0.15, 0.2) is 18.2 Å². The molecule has 0 fully saturated rings. The van der Waals surface area contributed by atoms with Gasteiger partial charge in [0.05, 0.1) is 11.3 Å². The summed E-state index contributed by atoms with van der Waals surface area (Å²) in [6.45, 7) is 0. The predicted molar refractivity (Wildman–Crippen MR) is 63.0 cm³/mol. The molecule has 3 nitrogen and oxygen atoms in total. The number of rotatable bonds is 0. The first-order valence-corrected chi connectivity index (χ1v) is 5.90. The molecular weight excluding hydrogens is 246 g/mol. The number of halogens is 1. The van der Waals surface area contributed by atoms with Crippen molar-refractivity contribution < 1.29 is 9.59 Å². The molecule has 1 aliphatic rings. The zero-order chi connectivity index (χ0) is 11.3. The molecule has 1 N–H and O–H groups in total. The van der Waals surface area contributed by atoms with E-state index >= 15 is 0 Å². The van der Waals surface area contributed by atoms with Crippen molar-refractivity contribution in [3.05, 3.63) is 33.7 Å². The van der Waals surface area contributed by atoms with Crippen molar-refractivity contribution in [1.82, 2.24) is 5.32 Å². The molecule has 0 unspecified atom stereocenters. The number of fused-ring (bicyclic) bond motifs is 3. The third-order valence-corrected chi connectivity index (χ3v) is 4.00. The van der Waals surface area contributed by atoms with E-state index in [1.165, 1.54) is 11.3 Å². The normalized spacial score (nSPS) is 15.1. The predicted octanol–water partition coefficient (Wildman–Crippen LogP) is 2.37. The largest absolute Gasteiger partial charge is 0.291 e. The summed E-state index contributed by atoms with van der Waals surface area (Å²) in [6.07, 6.45) is 0.251. The van der Waals surface area contributed by atoms with E-state index in [1.54, 1.807) is 12.1 Å². The third kappa shape index (κ3) is 1.34. The van der Waals surface area contributed by atoms with Gasteiger partial charge in [0.15, 0.2) is 0 Å². The maximum Gasteiger partial charge on any atom is 0.268 e. The number of amides is 2. The van der Waals surface area contributed by atoms with Gasteiger partial charge in [-0.05, 0) is 29.1 Å². The molecule has 0 bridgehead atoms. The second-order valence-electron chi connectivity index (χ2n) is 3.60. The maximum absolute atomic E-state index is 11.6. The number of hydrogen-bond donors (Lipinski definition) is 1. The Morgan fingerprint density at radius 2 is 2.12 bits per heavy atom. The van der Waals surface area contributed by atoms with E-state index in [2.05, 4.69) is 5.32 Å². The van der Waals surface area contributed by atoms with E-state index in [4.69, 9.17) is 11.6 Å². The van der Waals surface area contributed by atoms with Gasteiger partial charge in [-0.2, -0.15) is 0 Å². The molecule has 1 aromatic carbocycles. The summed E-state index contributed by atoms with van der Waals surface area (Å²) in [7, 11) is 0. The lowest BCUT2D eigenvalue weighted by Crippen LogP contribution is -2.36. The van der Waals surface area contributed by atoms with Crippen molar-refractivity contribution in [2.75, 3.05) is 0 Å². The molecule has 3 rings (SSSR count). The summed E-state index contributed by atoms with van der Waals surface area (Å²) < 4.78 is 0.985. The SMILES string of the molecule is O=C1Cc2c(sc3ccc(Cl)cc23)C(=O)N1. The van der Waals surface area contributed by atoms with Gasteiger partial charge in [0, 0.05) is 9.72 Å². The molecule has 0 spiro atoms. The highest BCUT2D eigenvalue weighted by Crippen LogP contribution is 2.34. The van der Waals surface area contributed by atoms with Crippen LogP contribution in [0.2, 0.25) is 5.02 Å². The van der Waals surface area contributed by atoms with Gasteiger partial charge in [0.25, 0.3) is 5.91 Å². The molecule has 16 heavy (non-hydrogen) atoms. The van der Waals surface area contributed by atoms with Crippen LogP contribution in [0.5, 0.6) is 0 Å². The quantitative estimate of drug-likeness (QED) is 0.731. The van der Waals surface area contributed by atoms with E-state index in [0.29, 0.717) is 9.90 Å². The van der Waals surface area contributed by atoms with Crippen molar-refractivity contribution in [3.8, 4) is 0 Å². The number of hydrogen-bond acceptors (Lipinski definition) is 3. The first-order valence-electron chi connectivity index (χ1n) is 4.70. The average molecular weight is 252 g/mol.